The zero-order valence-electron chi connectivity index (χ0n) is 16.0. The van der Waals surface area contributed by atoms with E-state index in [1.807, 2.05) is 17.0 Å². The van der Waals surface area contributed by atoms with Crippen molar-refractivity contribution in [1.82, 2.24) is 4.90 Å². The first kappa shape index (κ1) is 18.9. The molecule has 1 aliphatic heterocycles. The molecule has 0 spiro atoms. The lowest BCUT2D eigenvalue weighted by molar-refractivity contribution is -0.143. The lowest BCUT2D eigenvalue weighted by Crippen LogP contribution is -2.46. The normalized spacial score (nSPS) is 18.8. The Bertz CT molecular complexity index is 857. The molecule has 1 saturated carbocycles. The van der Waals surface area contributed by atoms with Crippen LogP contribution in [0.3, 0.4) is 0 Å². The van der Waals surface area contributed by atoms with Crippen molar-refractivity contribution in [2.75, 3.05) is 38.2 Å². The summed E-state index contributed by atoms with van der Waals surface area (Å²) in [6.45, 7) is 3.83. The molecule has 1 aliphatic carbocycles. The summed E-state index contributed by atoms with van der Waals surface area (Å²) >= 11 is 0. The molecule has 4 nitrogen and oxygen atoms in total. The third-order valence-corrected chi connectivity index (χ3v) is 5.86. The van der Waals surface area contributed by atoms with Gasteiger partial charge in [-0.1, -0.05) is 24.3 Å². The molecule has 0 atom stereocenters. The van der Waals surface area contributed by atoms with Gasteiger partial charge in [0.1, 0.15) is 11.6 Å². The average molecular weight is 386 g/mol. The highest BCUT2D eigenvalue weighted by Crippen LogP contribution is 2.49. The van der Waals surface area contributed by atoms with E-state index >= 15 is 0 Å². The van der Waals surface area contributed by atoms with Crippen LogP contribution in [0.25, 0.3) is 0 Å². The number of methoxy groups -OCH3 is 1. The van der Waals surface area contributed by atoms with Gasteiger partial charge in [0.25, 0.3) is 0 Å². The summed E-state index contributed by atoms with van der Waals surface area (Å²) < 4.78 is 32.0. The predicted octanol–water partition coefficient (Wildman–Crippen LogP) is 3.49. The van der Waals surface area contributed by atoms with Gasteiger partial charge in [-0.15, -0.1) is 0 Å². The molecule has 28 heavy (non-hydrogen) atoms. The average Bonchev–Trinajstić information content (AvgIpc) is 3.51. The number of esters is 1. The van der Waals surface area contributed by atoms with Gasteiger partial charge in [0.05, 0.1) is 18.2 Å². The third-order valence-electron chi connectivity index (χ3n) is 5.86. The van der Waals surface area contributed by atoms with Crippen LogP contribution in [0.15, 0.2) is 42.5 Å². The Morgan fingerprint density at radius 3 is 2.29 bits per heavy atom. The van der Waals surface area contributed by atoms with Gasteiger partial charge in [0, 0.05) is 38.8 Å². The van der Waals surface area contributed by atoms with Crippen molar-refractivity contribution in [1.29, 1.82) is 0 Å². The second-order valence-electron chi connectivity index (χ2n) is 7.63. The Hall–Kier alpha value is -2.47. The second-order valence-corrected chi connectivity index (χ2v) is 7.63. The van der Waals surface area contributed by atoms with Gasteiger partial charge in [-0.05, 0) is 36.1 Å². The molecule has 0 radical (unpaired) electrons. The number of nitrogens with zero attached hydrogens (tertiary/aromatic N) is 2. The van der Waals surface area contributed by atoms with E-state index < -0.39 is 17.0 Å². The number of halogens is 2. The van der Waals surface area contributed by atoms with Crippen LogP contribution >= 0.6 is 0 Å². The lowest BCUT2D eigenvalue weighted by atomic mass is 9.95. The quantitative estimate of drug-likeness (QED) is 0.737. The number of anilines is 1. The Kier molecular flexibility index (Phi) is 5.06. The number of rotatable bonds is 5. The van der Waals surface area contributed by atoms with Crippen LogP contribution in [0.2, 0.25) is 0 Å². The highest BCUT2D eigenvalue weighted by Gasteiger charge is 2.52. The molecule has 0 bridgehead atoms. The standard InChI is InChI=1S/C22H24F2N2O2/c1-28-21(27)22(8-9-22)17-4-2-16(3-5-17)15-25-10-12-26(13-11-25)20-7-6-18(23)14-19(20)24/h2-7,14H,8-13,15H2,1H3. The number of benzene rings is 2. The molecule has 148 valence electrons. The van der Waals surface area contributed by atoms with Crippen molar-refractivity contribution < 1.29 is 18.3 Å². The molecule has 4 rings (SSSR count). The number of piperazine rings is 1. The van der Waals surface area contributed by atoms with Gasteiger partial charge >= 0.3 is 5.97 Å². The monoisotopic (exact) mass is 386 g/mol. The summed E-state index contributed by atoms with van der Waals surface area (Å²) in [5, 5.41) is 0. The first-order chi connectivity index (χ1) is 13.5. The van der Waals surface area contributed by atoms with Crippen molar-refractivity contribution in [2.45, 2.75) is 24.8 Å². The van der Waals surface area contributed by atoms with Crippen molar-refractivity contribution in [3.05, 3.63) is 65.2 Å². The molecule has 2 fully saturated rings. The highest BCUT2D eigenvalue weighted by atomic mass is 19.1. The van der Waals surface area contributed by atoms with Crippen LogP contribution in [0, 0.1) is 11.6 Å². The van der Waals surface area contributed by atoms with E-state index in [4.69, 9.17) is 4.74 Å². The van der Waals surface area contributed by atoms with Crippen LogP contribution in [-0.4, -0.2) is 44.2 Å². The Morgan fingerprint density at radius 2 is 1.71 bits per heavy atom. The summed E-state index contributed by atoms with van der Waals surface area (Å²) in [4.78, 5) is 16.3. The van der Waals surface area contributed by atoms with Gasteiger partial charge in [0.15, 0.2) is 0 Å². The minimum Gasteiger partial charge on any atom is -0.468 e. The minimum atomic E-state index is -0.552. The molecule has 0 amide bonds. The van der Waals surface area contributed by atoms with Gasteiger partial charge in [-0.2, -0.15) is 0 Å². The zero-order valence-corrected chi connectivity index (χ0v) is 16.0. The van der Waals surface area contributed by atoms with Crippen molar-refractivity contribution >= 4 is 11.7 Å². The van der Waals surface area contributed by atoms with Gasteiger partial charge in [-0.25, -0.2) is 8.78 Å². The van der Waals surface area contributed by atoms with Crippen LogP contribution in [0.4, 0.5) is 14.5 Å². The van der Waals surface area contributed by atoms with Crippen molar-refractivity contribution in [2.24, 2.45) is 0 Å². The van der Waals surface area contributed by atoms with Crippen LogP contribution in [-0.2, 0) is 21.5 Å². The SMILES string of the molecule is COC(=O)C1(c2ccc(CN3CCN(c4ccc(F)cc4F)CC3)cc2)CC1. The largest absolute Gasteiger partial charge is 0.468 e. The first-order valence-electron chi connectivity index (χ1n) is 9.62. The number of hydrogen-bond donors (Lipinski definition) is 0. The summed E-state index contributed by atoms with van der Waals surface area (Å²) in [5.74, 6) is -1.21. The topological polar surface area (TPSA) is 32.8 Å². The van der Waals surface area contributed by atoms with E-state index in [1.165, 1.54) is 24.8 Å². The molecule has 2 aliphatic rings. The maximum atomic E-state index is 14.0. The Balaban J connectivity index is 1.34. The van der Waals surface area contributed by atoms with Crippen molar-refractivity contribution in [3.8, 4) is 0 Å². The van der Waals surface area contributed by atoms with E-state index in [1.54, 1.807) is 0 Å². The number of carbonyl (C=O) groups is 1. The van der Waals surface area contributed by atoms with E-state index in [0.29, 0.717) is 18.8 Å². The molecule has 6 heteroatoms. The van der Waals surface area contributed by atoms with E-state index in [0.717, 1.165) is 44.1 Å². The molecular weight excluding hydrogens is 362 g/mol. The Labute approximate surface area is 163 Å². The molecule has 2 aromatic rings. The molecule has 2 aromatic carbocycles. The second kappa shape index (κ2) is 7.51. The smallest absolute Gasteiger partial charge is 0.316 e. The van der Waals surface area contributed by atoms with E-state index in [2.05, 4.69) is 17.0 Å². The van der Waals surface area contributed by atoms with Crippen LogP contribution in [0.1, 0.15) is 24.0 Å². The Morgan fingerprint density at radius 1 is 1.04 bits per heavy atom. The van der Waals surface area contributed by atoms with Gasteiger partial charge in [-0.3, -0.25) is 9.69 Å². The fourth-order valence-corrected chi connectivity index (χ4v) is 4.00. The van der Waals surface area contributed by atoms with E-state index in [9.17, 15) is 13.6 Å². The maximum absolute atomic E-state index is 14.0. The predicted molar refractivity (Wildman–Crippen MR) is 103 cm³/mol. The summed E-state index contributed by atoms with van der Waals surface area (Å²) in [6, 6.07) is 12.0. The third kappa shape index (κ3) is 3.61. The summed E-state index contributed by atoms with van der Waals surface area (Å²) in [5.41, 5.74) is 2.24. The van der Waals surface area contributed by atoms with E-state index in [-0.39, 0.29) is 5.97 Å². The number of hydrogen-bond acceptors (Lipinski definition) is 4. The number of ether oxygens (including phenoxy) is 1. The van der Waals surface area contributed by atoms with Crippen LogP contribution < -0.4 is 4.90 Å². The molecule has 0 aromatic heterocycles. The highest BCUT2D eigenvalue weighted by molar-refractivity contribution is 5.86. The fraction of sp³-hybridized carbons (Fsp3) is 0.409. The van der Waals surface area contributed by atoms with Crippen molar-refractivity contribution in [3.63, 3.8) is 0 Å². The lowest BCUT2D eigenvalue weighted by Gasteiger charge is -2.36. The minimum absolute atomic E-state index is 0.149. The van der Waals surface area contributed by atoms with Crippen LogP contribution in [0.5, 0.6) is 0 Å². The molecule has 0 N–H and O–H groups in total. The zero-order chi connectivity index (χ0) is 19.7. The first-order valence-corrected chi connectivity index (χ1v) is 9.62. The molecule has 1 heterocycles. The maximum Gasteiger partial charge on any atom is 0.316 e. The summed E-state index contributed by atoms with van der Waals surface area (Å²) in [7, 11) is 1.44. The summed E-state index contributed by atoms with van der Waals surface area (Å²) in [6.07, 6.45) is 1.70. The number of carbonyl (C=O) groups excluding carboxylic acids is 1. The van der Waals surface area contributed by atoms with Gasteiger partial charge in [0.2, 0.25) is 0 Å². The fourth-order valence-electron chi connectivity index (χ4n) is 4.00. The molecular formula is C22H24F2N2O2. The molecule has 0 unspecified atom stereocenters. The van der Waals surface area contributed by atoms with Gasteiger partial charge < -0.3 is 9.64 Å². The molecule has 1 saturated heterocycles.